The highest BCUT2D eigenvalue weighted by Crippen LogP contribution is 2.33. The van der Waals surface area contributed by atoms with Crippen LogP contribution in [0.5, 0.6) is 0 Å². The Labute approximate surface area is 138 Å². The molecule has 1 unspecified atom stereocenters. The third-order valence-corrected chi connectivity index (χ3v) is 5.29. The number of fused-ring (bicyclic) bond motifs is 1. The van der Waals surface area contributed by atoms with E-state index in [2.05, 4.69) is 36.6 Å². The van der Waals surface area contributed by atoms with E-state index in [1.807, 2.05) is 12.1 Å². The average molecular weight is 339 g/mol. The summed E-state index contributed by atoms with van der Waals surface area (Å²) in [4.78, 5) is 6.00. The summed E-state index contributed by atoms with van der Waals surface area (Å²) < 4.78 is 3.12. The molecule has 0 aliphatic heterocycles. The molecule has 0 aliphatic carbocycles. The first-order chi connectivity index (χ1) is 10.1. The van der Waals surface area contributed by atoms with Crippen molar-refractivity contribution < 1.29 is 0 Å². The van der Waals surface area contributed by atoms with Crippen molar-refractivity contribution in [3.8, 4) is 0 Å². The van der Waals surface area contributed by atoms with Crippen LogP contribution in [-0.2, 0) is 6.42 Å². The lowest BCUT2D eigenvalue weighted by atomic mass is 10.2. The second-order valence-electron chi connectivity index (χ2n) is 5.10. The highest BCUT2D eigenvalue weighted by molar-refractivity contribution is 7.16. The zero-order valence-corrected chi connectivity index (χ0v) is 14.3. The predicted octanol–water partition coefficient (Wildman–Crippen LogP) is 5.45. The molecule has 2 nitrogen and oxygen atoms in total. The van der Waals surface area contributed by atoms with Crippen molar-refractivity contribution in [2.45, 2.75) is 26.3 Å². The molecule has 3 rings (SSSR count). The zero-order valence-electron chi connectivity index (χ0n) is 11.9. The van der Waals surface area contributed by atoms with Crippen LogP contribution >= 0.6 is 34.5 Å². The lowest BCUT2D eigenvalue weighted by molar-refractivity contribution is 0.632. The van der Waals surface area contributed by atoms with Gasteiger partial charge < -0.3 is 4.57 Å². The maximum absolute atomic E-state index is 6.09. The van der Waals surface area contributed by atoms with Gasteiger partial charge in [-0.3, -0.25) is 0 Å². The van der Waals surface area contributed by atoms with Gasteiger partial charge in [-0.25, -0.2) is 4.98 Å². The summed E-state index contributed by atoms with van der Waals surface area (Å²) in [6.45, 7) is 4.31. The number of halogens is 2. The lowest BCUT2D eigenvalue weighted by Gasteiger charge is -2.17. The second kappa shape index (κ2) is 5.99. The van der Waals surface area contributed by atoms with E-state index in [0.29, 0.717) is 5.88 Å². The Kier molecular flexibility index (Phi) is 4.25. The molecule has 0 bridgehead atoms. The fourth-order valence-electron chi connectivity index (χ4n) is 2.73. The molecule has 0 aliphatic rings. The zero-order chi connectivity index (χ0) is 15.0. The van der Waals surface area contributed by atoms with Crippen molar-refractivity contribution in [2.75, 3.05) is 5.88 Å². The Hall–Kier alpha value is -1.03. The minimum atomic E-state index is 0.201. The van der Waals surface area contributed by atoms with Crippen LogP contribution in [0.3, 0.4) is 0 Å². The summed E-state index contributed by atoms with van der Waals surface area (Å²) in [6.07, 6.45) is 0.763. The SMILES string of the molecule is Cc1cccc2nc(CCCl)n(C(C)c3ccc(Cl)s3)c12. The van der Waals surface area contributed by atoms with Crippen LogP contribution in [0.4, 0.5) is 0 Å². The molecule has 1 aromatic carbocycles. The molecular formula is C16H16Cl2N2S. The first kappa shape index (κ1) is 14.9. The van der Waals surface area contributed by atoms with Crippen molar-refractivity contribution >= 4 is 45.6 Å². The summed E-state index contributed by atoms with van der Waals surface area (Å²) in [5, 5.41) is 0. The maximum Gasteiger partial charge on any atom is 0.111 e. The van der Waals surface area contributed by atoms with E-state index in [1.54, 1.807) is 11.3 Å². The van der Waals surface area contributed by atoms with Crippen LogP contribution in [-0.4, -0.2) is 15.4 Å². The molecule has 5 heteroatoms. The van der Waals surface area contributed by atoms with E-state index < -0.39 is 0 Å². The van der Waals surface area contributed by atoms with Gasteiger partial charge in [-0.2, -0.15) is 0 Å². The van der Waals surface area contributed by atoms with E-state index in [1.165, 1.54) is 16.0 Å². The average Bonchev–Trinajstić information content (AvgIpc) is 3.03. The number of hydrogen-bond donors (Lipinski definition) is 0. The van der Waals surface area contributed by atoms with Gasteiger partial charge in [0.1, 0.15) is 5.82 Å². The minimum absolute atomic E-state index is 0.201. The number of thiophene rings is 1. The normalized spacial score (nSPS) is 13.0. The molecule has 2 aromatic heterocycles. The van der Waals surface area contributed by atoms with Gasteiger partial charge in [0.05, 0.1) is 21.4 Å². The van der Waals surface area contributed by atoms with Crippen LogP contribution in [0.1, 0.15) is 29.2 Å². The number of aryl methyl sites for hydroxylation is 2. The molecular weight excluding hydrogens is 323 g/mol. The number of hydrogen-bond acceptors (Lipinski definition) is 2. The predicted molar refractivity (Wildman–Crippen MR) is 92.0 cm³/mol. The molecule has 21 heavy (non-hydrogen) atoms. The highest BCUT2D eigenvalue weighted by atomic mass is 35.5. The van der Waals surface area contributed by atoms with Crippen LogP contribution in [0, 0.1) is 6.92 Å². The summed E-state index contributed by atoms with van der Waals surface area (Å²) in [5.74, 6) is 1.60. The molecule has 2 heterocycles. The van der Waals surface area contributed by atoms with Crippen molar-refractivity contribution in [3.63, 3.8) is 0 Å². The number of para-hydroxylation sites is 1. The molecule has 3 aromatic rings. The number of aromatic nitrogens is 2. The molecule has 0 spiro atoms. The van der Waals surface area contributed by atoms with E-state index in [-0.39, 0.29) is 6.04 Å². The highest BCUT2D eigenvalue weighted by Gasteiger charge is 2.19. The standard InChI is InChI=1S/C16H16Cl2N2S/c1-10-4-3-5-12-16(10)20(15(19-12)8-9-17)11(2)13-6-7-14(18)21-13/h3-7,11H,8-9H2,1-2H3. The monoisotopic (exact) mass is 338 g/mol. The molecule has 1 atom stereocenters. The molecule has 0 saturated heterocycles. The van der Waals surface area contributed by atoms with Gasteiger partial charge in [0.25, 0.3) is 0 Å². The van der Waals surface area contributed by atoms with Crippen LogP contribution in [0.2, 0.25) is 4.34 Å². The number of imidazole rings is 1. The first-order valence-corrected chi connectivity index (χ1v) is 8.62. The Bertz CT molecular complexity index is 776. The van der Waals surface area contributed by atoms with E-state index in [9.17, 15) is 0 Å². The lowest BCUT2D eigenvalue weighted by Crippen LogP contribution is -2.10. The quantitative estimate of drug-likeness (QED) is 0.578. The number of rotatable bonds is 4. The van der Waals surface area contributed by atoms with E-state index >= 15 is 0 Å². The Morgan fingerprint density at radius 3 is 2.76 bits per heavy atom. The fraction of sp³-hybridized carbons (Fsp3) is 0.312. The van der Waals surface area contributed by atoms with Gasteiger partial charge in [0.2, 0.25) is 0 Å². The molecule has 0 N–H and O–H groups in total. The molecule has 110 valence electrons. The van der Waals surface area contributed by atoms with Gasteiger partial charge >= 0.3 is 0 Å². The number of alkyl halides is 1. The third-order valence-electron chi connectivity index (χ3n) is 3.70. The van der Waals surface area contributed by atoms with Crippen molar-refractivity contribution in [1.82, 2.24) is 9.55 Å². The Balaban J connectivity index is 2.21. The Morgan fingerprint density at radius 2 is 2.10 bits per heavy atom. The number of benzene rings is 1. The van der Waals surface area contributed by atoms with Crippen molar-refractivity contribution in [1.29, 1.82) is 0 Å². The first-order valence-electron chi connectivity index (χ1n) is 6.89. The fourth-order valence-corrected chi connectivity index (χ4v) is 4.00. The van der Waals surface area contributed by atoms with Gasteiger partial charge in [-0.1, -0.05) is 23.7 Å². The largest absolute Gasteiger partial charge is 0.320 e. The topological polar surface area (TPSA) is 17.8 Å². The molecule has 0 fully saturated rings. The molecule has 0 amide bonds. The summed E-state index contributed by atoms with van der Waals surface area (Å²) in [6, 6.07) is 10.5. The van der Waals surface area contributed by atoms with E-state index in [4.69, 9.17) is 28.2 Å². The van der Waals surface area contributed by atoms with Gasteiger partial charge in [0.15, 0.2) is 0 Å². The van der Waals surface area contributed by atoms with E-state index in [0.717, 1.165) is 22.1 Å². The van der Waals surface area contributed by atoms with Crippen LogP contribution in [0.25, 0.3) is 11.0 Å². The van der Waals surface area contributed by atoms with Crippen LogP contribution < -0.4 is 0 Å². The van der Waals surface area contributed by atoms with Gasteiger partial charge in [0, 0.05) is 17.2 Å². The molecule has 0 saturated carbocycles. The summed E-state index contributed by atoms with van der Waals surface area (Å²) >= 11 is 13.7. The second-order valence-corrected chi connectivity index (χ2v) is 7.22. The van der Waals surface area contributed by atoms with Gasteiger partial charge in [-0.15, -0.1) is 22.9 Å². The maximum atomic E-state index is 6.09. The Morgan fingerprint density at radius 1 is 1.29 bits per heavy atom. The summed E-state index contributed by atoms with van der Waals surface area (Å²) in [5.41, 5.74) is 3.45. The minimum Gasteiger partial charge on any atom is -0.320 e. The third kappa shape index (κ3) is 2.70. The number of nitrogens with zero attached hydrogens (tertiary/aromatic N) is 2. The smallest absolute Gasteiger partial charge is 0.111 e. The molecule has 0 radical (unpaired) electrons. The van der Waals surface area contributed by atoms with Gasteiger partial charge in [-0.05, 0) is 37.6 Å². The van der Waals surface area contributed by atoms with Crippen molar-refractivity contribution in [3.05, 3.63) is 50.9 Å². The van der Waals surface area contributed by atoms with Crippen LogP contribution in [0.15, 0.2) is 30.3 Å². The van der Waals surface area contributed by atoms with Crippen molar-refractivity contribution in [2.24, 2.45) is 0 Å². The summed E-state index contributed by atoms with van der Waals surface area (Å²) in [7, 11) is 0.